The van der Waals surface area contributed by atoms with Gasteiger partial charge in [0.2, 0.25) is 5.28 Å². The number of nitrogens with zero attached hydrogens (tertiary/aromatic N) is 2. The first-order chi connectivity index (χ1) is 9.69. The molecule has 3 aromatic rings. The highest BCUT2D eigenvalue weighted by molar-refractivity contribution is 7.17. The molecule has 0 amide bonds. The molecule has 2 heterocycles. The Morgan fingerprint density at radius 3 is 2.60 bits per heavy atom. The zero-order valence-corrected chi connectivity index (χ0v) is 13.0. The summed E-state index contributed by atoms with van der Waals surface area (Å²) >= 11 is 13.5. The number of hydrogen-bond acceptors (Lipinski definition) is 4. The van der Waals surface area contributed by atoms with Gasteiger partial charge in [-0.1, -0.05) is 23.7 Å². The van der Waals surface area contributed by atoms with Crippen LogP contribution in [0.15, 0.2) is 29.6 Å². The third-order valence-corrected chi connectivity index (χ3v) is 4.20. The highest BCUT2D eigenvalue weighted by Gasteiger charge is 2.14. The summed E-state index contributed by atoms with van der Waals surface area (Å²) in [5.74, 6) is 0.772. The Balaban J connectivity index is 2.23. The maximum atomic E-state index is 5.96. The van der Waals surface area contributed by atoms with Crippen molar-refractivity contribution in [1.82, 2.24) is 9.97 Å². The molecule has 0 aliphatic carbocycles. The Morgan fingerprint density at radius 1 is 1.15 bits per heavy atom. The fourth-order valence-electron chi connectivity index (χ4n) is 2.05. The summed E-state index contributed by atoms with van der Waals surface area (Å²) in [7, 11) is 0. The summed E-state index contributed by atoms with van der Waals surface area (Å²) in [4.78, 5) is 9.46. The van der Waals surface area contributed by atoms with E-state index in [-0.39, 0.29) is 5.28 Å². The van der Waals surface area contributed by atoms with Crippen LogP contribution < -0.4 is 5.32 Å². The first kappa shape index (κ1) is 13.6. The average molecular weight is 324 g/mol. The number of aromatic nitrogens is 2. The number of benzene rings is 1. The van der Waals surface area contributed by atoms with E-state index in [0.29, 0.717) is 0 Å². The summed E-state index contributed by atoms with van der Waals surface area (Å²) in [6, 6.07) is 7.75. The maximum Gasteiger partial charge on any atom is 0.225 e. The molecule has 2 aromatic heterocycles. The van der Waals surface area contributed by atoms with Crippen molar-refractivity contribution >= 4 is 50.6 Å². The highest BCUT2D eigenvalue weighted by Crippen LogP contribution is 2.37. The molecular formula is C14H11Cl2N3S. The summed E-state index contributed by atoms with van der Waals surface area (Å²) in [5, 5.41) is 7.30. The van der Waals surface area contributed by atoms with Crippen LogP contribution in [0.1, 0.15) is 6.92 Å². The topological polar surface area (TPSA) is 37.8 Å². The quantitative estimate of drug-likeness (QED) is 0.681. The molecule has 0 radical (unpaired) electrons. The first-order valence-corrected chi connectivity index (χ1v) is 7.77. The lowest BCUT2D eigenvalue weighted by molar-refractivity contribution is 1.15. The lowest BCUT2D eigenvalue weighted by Crippen LogP contribution is -2.01. The first-order valence-electron chi connectivity index (χ1n) is 6.13. The largest absolute Gasteiger partial charge is 0.370 e. The minimum absolute atomic E-state index is 0.262. The molecule has 1 N–H and O–H groups in total. The number of thiophene rings is 1. The SMILES string of the molecule is CCNc1nc(Cl)nc2scc(-c3ccc(Cl)cc3)c12. The van der Waals surface area contributed by atoms with Crippen molar-refractivity contribution in [2.24, 2.45) is 0 Å². The standard InChI is InChI=1S/C14H11Cl2N3S/c1-2-17-12-11-10(8-3-5-9(15)6-4-8)7-20-13(11)19-14(16)18-12/h3-7H,2H2,1H3,(H,17,18,19). The van der Waals surface area contributed by atoms with Gasteiger partial charge in [0.15, 0.2) is 0 Å². The van der Waals surface area contributed by atoms with E-state index in [1.165, 1.54) is 0 Å². The molecule has 3 rings (SSSR count). The Kier molecular flexibility index (Phi) is 3.78. The third kappa shape index (κ3) is 2.46. The highest BCUT2D eigenvalue weighted by atomic mass is 35.5. The van der Waals surface area contributed by atoms with Gasteiger partial charge < -0.3 is 5.32 Å². The minimum atomic E-state index is 0.262. The molecule has 0 aliphatic rings. The van der Waals surface area contributed by atoms with Gasteiger partial charge >= 0.3 is 0 Å². The van der Waals surface area contributed by atoms with Crippen molar-refractivity contribution in [3.05, 3.63) is 40.0 Å². The molecule has 0 saturated heterocycles. The molecule has 0 fully saturated rings. The number of nitrogens with one attached hydrogen (secondary N) is 1. The molecule has 3 nitrogen and oxygen atoms in total. The van der Waals surface area contributed by atoms with Crippen LogP contribution in [0.4, 0.5) is 5.82 Å². The van der Waals surface area contributed by atoms with Crippen molar-refractivity contribution in [2.45, 2.75) is 6.92 Å². The second-order valence-electron chi connectivity index (χ2n) is 4.21. The molecule has 0 unspecified atom stereocenters. The van der Waals surface area contributed by atoms with Crippen LogP contribution in [0.2, 0.25) is 10.3 Å². The van der Waals surface area contributed by atoms with E-state index in [1.54, 1.807) is 11.3 Å². The number of anilines is 1. The van der Waals surface area contributed by atoms with E-state index in [1.807, 2.05) is 31.2 Å². The zero-order valence-electron chi connectivity index (χ0n) is 10.7. The lowest BCUT2D eigenvalue weighted by atomic mass is 10.1. The normalized spacial score (nSPS) is 10.9. The Labute approximate surface area is 130 Å². The second kappa shape index (κ2) is 5.56. The fourth-order valence-corrected chi connectivity index (χ4v) is 3.35. The lowest BCUT2D eigenvalue weighted by Gasteiger charge is -2.07. The zero-order chi connectivity index (χ0) is 14.1. The van der Waals surface area contributed by atoms with Crippen molar-refractivity contribution in [1.29, 1.82) is 0 Å². The van der Waals surface area contributed by atoms with Crippen LogP contribution in [-0.2, 0) is 0 Å². The Morgan fingerprint density at radius 2 is 1.90 bits per heavy atom. The van der Waals surface area contributed by atoms with Gasteiger partial charge in [-0.05, 0) is 36.2 Å². The van der Waals surface area contributed by atoms with Gasteiger partial charge in [-0.3, -0.25) is 0 Å². The van der Waals surface area contributed by atoms with Crippen LogP contribution >= 0.6 is 34.5 Å². The van der Waals surface area contributed by atoms with E-state index < -0.39 is 0 Å². The monoisotopic (exact) mass is 323 g/mol. The van der Waals surface area contributed by atoms with Gasteiger partial charge in [0, 0.05) is 22.5 Å². The molecule has 0 aliphatic heterocycles. The summed E-state index contributed by atoms with van der Waals surface area (Å²) in [5.41, 5.74) is 2.18. The molecule has 102 valence electrons. The van der Waals surface area contributed by atoms with E-state index in [0.717, 1.165) is 38.7 Å². The van der Waals surface area contributed by atoms with E-state index in [9.17, 15) is 0 Å². The molecular weight excluding hydrogens is 313 g/mol. The average Bonchev–Trinajstić information content (AvgIpc) is 2.83. The molecule has 0 bridgehead atoms. The number of fused-ring (bicyclic) bond motifs is 1. The molecule has 1 aromatic carbocycles. The number of halogens is 2. The van der Waals surface area contributed by atoms with Gasteiger partial charge in [-0.25, -0.2) is 9.97 Å². The smallest absolute Gasteiger partial charge is 0.225 e. The van der Waals surface area contributed by atoms with Crippen LogP contribution in [-0.4, -0.2) is 16.5 Å². The number of rotatable bonds is 3. The van der Waals surface area contributed by atoms with Crippen LogP contribution in [0.3, 0.4) is 0 Å². The molecule has 6 heteroatoms. The third-order valence-electron chi connectivity index (χ3n) is 2.91. The van der Waals surface area contributed by atoms with Gasteiger partial charge in [0.25, 0.3) is 0 Å². The van der Waals surface area contributed by atoms with Gasteiger partial charge in [-0.2, -0.15) is 0 Å². The fraction of sp³-hybridized carbons (Fsp3) is 0.143. The second-order valence-corrected chi connectivity index (χ2v) is 5.84. The van der Waals surface area contributed by atoms with E-state index >= 15 is 0 Å². The van der Waals surface area contributed by atoms with Gasteiger partial charge in [-0.15, -0.1) is 11.3 Å². The minimum Gasteiger partial charge on any atom is -0.370 e. The van der Waals surface area contributed by atoms with Crippen LogP contribution in [0, 0.1) is 0 Å². The molecule has 0 saturated carbocycles. The predicted molar refractivity (Wildman–Crippen MR) is 87.0 cm³/mol. The van der Waals surface area contributed by atoms with Crippen LogP contribution in [0.25, 0.3) is 21.3 Å². The Bertz CT molecular complexity index is 753. The summed E-state index contributed by atoms with van der Waals surface area (Å²) in [6.45, 7) is 2.80. The van der Waals surface area contributed by atoms with Crippen molar-refractivity contribution in [3.8, 4) is 11.1 Å². The van der Waals surface area contributed by atoms with E-state index in [2.05, 4.69) is 20.7 Å². The van der Waals surface area contributed by atoms with Crippen molar-refractivity contribution < 1.29 is 0 Å². The van der Waals surface area contributed by atoms with Gasteiger partial charge in [0.05, 0.1) is 5.39 Å². The van der Waals surface area contributed by atoms with Crippen molar-refractivity contribution in [3.63, 3.8) is 0 Å². The summed E-state index contributed by atoms with van der Waals surface area (Å²) < 4.78 is 0. The maximum absolute atomic E-state index is 5.96. The molecule has 0 atom stereocenters. The summed E-state index contributed by atoms with van der Waals surface area (Å²) in [6.07, 6.45) is 0. The molecule has 0 spiro atoms. The predicted octanol–water partition coefficient (Wildman–Crippen LogP) is 5.10. The van der Waals surface area contributed by atoms with Gasteiger partial charge in [0.1, 0.15) is 10.6 Å². The van der Waals surface area contributed by atoms with Crippen molar-refractivity contribution in [2.75, 3.05) is 11.9 Å². The number of hydrogen-bond donors (Lipinski definition) is 1. The molecule has 20 heavy (non-hydrogen) atoms. The van der Waals surface area contributed by atoms with Crippen LogP contribution in [0.5, 0.6) is 0 Å². The van der Waals surface area contributed by atoms with E-state index in [4.69, 9.17) is 23.2 Å². The Hall–Kier alpha value is -1.36.